The van der Waals surface area contributed by atoms with Gasteiger partial charge in [-0.1, -0.05) is 46.3 Å². The predicted molar refractivity (Wildman–Crippen MR) is 107 cm³/mol. The molecule has 132 valence electrons. The molecule has 1 heterocycles. The molecular weight excluding hydrogens is 416 g/mol. The van der Waals surface area contributed by atoms with Crippen molar-refractivity contribution < 1.29 is 14.4 Å². The summed E-state index contributed by atoms with van der Waals surface area (Å²) < 4.78 is 0.937. The van der Waals surface area contributed by atoms with E-state index >= 15 is 0 Å². The number of hydrogen-bond acceptors (Lipinski definition) is 4. The van der Waals surface area contributed by atoms with Crippen molar-refractivity contribution in [3.05, 3.63) is 69.0 Å². The van der Waals surface area contributed by atoms with Crippen LogP contribution in [0.2, 0.25) is 0 Å². The van der Waals surface area contributed by atoms with Gasteiger partial charge in [0.1, 0.15) is 6.54 Å². The minimum Gasteiger partial charge on any atom is -0.325 e. The van der Waals surface area contributed by atoms with Crippen molar-refractivity contribution in [2.24, 2.45) is 0 Å². The molecule has 0 aromatic heterocycles. The first-order valence-electron chi connectivity index (χ1n) is 7.80. The lowest BCUT2D eigenvalue weighted by Crippen LogP contribution is -2.36. The summed E-state index contributed by atoms with van der Waals surface area (Å²) in [6, 6.07) is 14.6. The molecule has 0 radical (unpaired) electrons. The molecule has 0 saturated carbocycles. The van der Waals surface area contributed by atoms with Crippen LogP contribution in [-0.4, -0.2) is 28.5 Å². The average molecular weight is 431 g/mol. The monoisotopic (exact) mass is 430 g/mol. The fraction of sp³-hybridized carbons (Fsp3) is 0.105. The normalized spacial score (nSPS) is 15.6. The SMILES string of the molecule is Cc1cc(NC(=O)CN2C(=O)S/C(=C/c3ccccc3)C2=O)ccc1Br. The first-order chi connectivity index (χ1) is 12.4. The highest BCUT2D eigenvalue weighted by Gasteiger charge is 2.36. The number of benzene rings is 2. The van der Waals surface area contributed by atoms with E-state index in [0.29, 0.717) is 10.6 Å². The number of anilines is 1. The van der Waals surface area contributed by atoms with E-state index in [4.69, 9.17) is 0 Å². The molecule has 0 spiro atoms. The Morgan fingerprint density at radius 1 is 1.19 bits per heavy atom. The topological polar surface area (TPSA) is 66.5 Å². The largest absolute Gasteiger partial charge is 0.325 e. The minimum absolute atomic E-state index is 0.313. The second-order valence-electron chi connectivity index (χ2n) is 5.69. The molecule has 0 atom stereocenters. The van der Waals surface area contributed by atoms with E-state index in [2.05, 4.69) is 21.2 Å². The van der Waals surface area contributed by atoms with E-state index < -0.39 is 17.1 Å². The molecule has 3 amide bonds. The lowest BCUT2D eigenvalue weighted by atomic mass is 10.2. The number of thioether (sulfide) groups is 1. The number of carbonyl (C=O) groups excluding carboxylic acids is 3. The third-order valence-electron chi connectivity index (χ3n) is 3.71. The zero-order valence-corrected chi connectivity index (χ0v) is 16.3. The molecule has 7 heteroatoms. The Hall–Kier alpha value is -2.38. The summed E-state index contributed by atoms with van der Waals surface area (Å²) in [7, 11) is 0. The van der Waals surface area contributed by atoms with Gasteiger partial charge < -0.3 is 5.32 Å². The summed E-state index contributed by atoms with van der Waals surface area (Å²) in [5, 5.41) is 2.26. The summed E-state index contributed by atoms with van der Waals surface area (Å²) in [5.74, 6) is -0.874. The van der Waals surface area contributed by atoms with E-state index in [0.717, 1.165) is 32.3 Å². The van der Waals surface area contributed by atoms with Crippen LogP contribution in [0.1, 0.15) is 11.1 Å². The predicted octanol–water partition coefficient (Wildman–Crippen LogP) is 4.43. The number of aryl methyl sites for hydroxylation is 1. The summed E-state index contributed by atoms with van der Waals surface area (Å²) in [6.45, 7) is 1.59. The molecule has 2 aromatic carbocycles. The number of carbonyl (C=O) groups is 3. The summed E-state index contributed by atoms with van der Waals surface area (Å²) in [5.41, 5.74) is 2.41. The standard InChI is InChI=1S/C19H15BrN2O3S/c1-12-9-14(7-8-15(12)20)21-17(23)11-22-18(24)16(26-19(22)25)10-13-5-3-2-4-6-13/h2-10H,11H2,1H3,(H,21,23)/b16-10+. The van der Waals surface area contributed by atoms with Gasteiger partial charge in [0, 0.05) is 10.2 Å². The number of amides is 3. The fourth-order valence-electron chi connectivity index (χ4n) is 2.40. The Balaban J connectivity index is 1.68. The van der Waals surface area contributed by atoms with E-state index in [1.54, 1.807) is 12.1 Å². The molecule has 26 heavy (non-hydrogen) atoms. The van der Waals surface area contributed by atoms with Gasteiger partial charge in [0.15, 0.2) is 0 Å². The van der Waals surface area contributed by atoms with Crippen LogP contribution in [0.15, 0.2) is 57.9 Å². The van der Waals surface area contributed by atoms with Gasteiger partial charge in [-0.3, -0.25) is 19.3 Å². The molecule has 2 aromatic rings. The highest BCUT2D eigenvalue weighted by molar-refractivity contribution is 9.10. The van der Waals surface area contributed by atoms with Gasteiger partial charge in [0.05, 0.1) is 4.91 Å². The van der Waals surface area contributed by atoms with Gasteiger partial charge in [0.2, 0.25) is 5.91 Å². The van der Waals surface area contributed by atoms with Crippen LogP contribution in [0.3, 0.4) is 0 Å². The highest BCUT2D eigenvalue weighted by atomic mass is 79.9. The Morgan fingerprint density at radius 2 is 1.92 bits per heavy atom. The number of hydrogen-bond donors (Lipinski definition) is 1. The van der Waals surface area contributed by atoms with E-state index in [1.807, 2.05) is 49.4 Å². The average Bonchev–Trinajstić information content (AvgIpc) is 2.86. The number of imide groups is 1. The van der Waals surface area contributed by atoms with E-state index in [1.165, 1.54) is 0 Å². The van der Waals surface area contributed by atoms with Gasteiger partial charge in [-0.15, -0.1) is 0 Å². The van der Waals surface area contributed by atoms with Crippen molar-refractivity contribution in [2.75, 3.05) is 11.9 Å². The van der Waals surface area contributed by atoms with Crippen LogP contribution in [-0.2, 0) is 9.59 Å². The Labute approximate surface area is 163 Å². The molecule has 3 rings (SSSR count). The van der Waals surface area contributed by atoms with Crippen molar-refractivity contribution >= 4 is 56.5 Å². The van der Waals surface area contributed by atoms with Gasteiger partial charge in [-0.05, 0) is 54.1 Å². The molecule has 0 aliphatic carbocycles. The molecule has 0 bridgehead atoms. The first-order valence-corrected chi connectivity index (χ1v) is 9.41. The van der Waals surface area contributed by atoms with Crippen molar-refractivity contribution in [1.82, 2.24) is 4.90 Å². The van der Waals surface area contributed by atoms with Gasteiger partial charge in [-0.2, -0.15) is 0 Å². The maximum absolute atomic E-state index is 12.4. The summed E-state index contributed by atoms with van der Waals surface area (Å²) in [6.07, 6.45) is 1.65. The summed E-state index contributed by atoms with van der Waals surface area (Å²) in [4.78, 5) is 38.0. The third-order valence-corrected chi connectivity index (χ3v) is 5.51. The Bertz CT molecular complexity index is 912. The molecule has 1 N–H and O–H groups in total. The maximum Gasteiger partial charge on any atom is 0.294 e. The zero-order chi connectivity index (χ0) is 18.7. The van der Waals surface area contributed by atoms with Gasteiger partial charge in [-0.25, -0.2) is 0 Å². The quantitative estimate of drug-likeness (QED) is 0.728. The lowest BCUT2D eigenvalue weighted by Gasteiger charge is -2.13. The van der Waals surface area contributed by atoms with E-state index in [-0.39, 0.29) is 6.54 Å². The fourth-order valence-corrected chi connectivity index (χ4v) is 3.49. The second-order valence-corrected chi connectivity index (χ2v) is 7.54. The summed E-state index contributed by atoms with van der Waals surface area (Å²) >= 11 is 4.24. The van der Waals surface area contributed by atoms with Crippen molar-refractivity contribution in [3.8, 4) is 0 Å². The van der Waals surface area contributed by atoms with Crippen LogP contribution in [0.5, 0.6) is 0 Å². The molecule has 1 aliphatic heterocycles. The maximum atomic E-state index is 12.4. The Kier molecular flexibility index (Phi) is 5.58. The highest BCUT2D eigenvalue weighted by Crippen LogP contribution is 2.32. The zero-order valence-electron chi connectivity index (χ0n) is 13.9. The Morgan fingerprint density at radius 3 is 2.62 bits per heavy atom. The van der Waals surface area contributed by atoms with Crippen LogP contribution < -0.4 is 5.32 Å². The number of rotatable bonds is 4. The van der Waals surface area contributed by atoms with Gasteiger partial charge >= 0.3 is 0 Å². The third kappa shape index (κ3) is 4.23. The number of nitrogens with one attached hydrogen (secondary N) is 1. The van der Waals surface area contributed by atoms with Crippen LogP contribution in [0.4, 0.5) is 10.5 Å². The molecule has 1 aliphatic rings. The minimum atomic E-state index is -0.453. The number of nitrogens with zero attached hydrogens (tertiary/aromatic N) is 1. The van der Waals surface area contributed by atoms with Crippen LogP contribution in [0, 0.1) is 6.92 Å². The molecule has 1 fully saturated rings. The van der Waals surface area contributed by atoms with Gasteiger partial charge in [0.25, 0.3) is 11.1 Å². The van der Waals surface area contributed by atoms with Crippen molar-refractivity contribution in [1.29, 1.82) is 0 Å². The molecule has 0 unspecified atom stereocenters. The second kappa shape index (κ2) is 7.88. The first kappa shape index (κ1) is 18.4. The van der Waals surface area contributed by atoms with Crippen LogP contribution >= 0.6 is 27.7 Å². The van der Waals surface area contributed by atoms with E-state index in [9.17, 15) is 14.4 Å². The van der Waals surface area contributed by atoms with Crippen molar-refractivity contribution in [3.63, 3.8) is 0 Å². The van der Waals surface area contributed by atoms with Crippen molar-refractivity contribution in [2.45, 2.75) is 6.92 Å². The number of halogens is 1. The lowest BCUT2D eigenvalue weighted by molar-refractivity contribution is -0.127. The molecule has 5 nitrogen and oxygen atoms in total. The molecular formula is C19H15BrN2O3S. The van der Waals surface area contributed by atoms with Crippen LogP contribution in [0.25, 0.3) is 6.08 Å². The molecule has 1 saturated heterocycles. The smallest absolute Gasteiger partial charge is 0.294 e.